The molecule has 0 N–H and O–H groups in total. The lowest BCUT2D eigenvalue weighted by Gasteiger charge is -2.47. The first-order chi connectivity index (χ1) is 27.7. The molecule has 0 aliphatic carbocycles. The third-order valence-corrected chi connectivity index (χ3v) is 10.0. The van der Waals surface area contributed by atoms with Gasteiger partial charge in [0.1, 0.15) is 31.1 Å². The lowest BCUT2D eigenvalue weighted by atomic mass is 9.96. The maximum absolute atomic E-state index is 14.6. The number of aliphatic imine (C=N–C) groups is 1. The van der Waals surface area contributed by atoms with E-state index in [1.165, 1.54) is 17.4 Å². The van der Waals surface area contributed by atoms with Crippen LogP contribution in [0.2, 0.25) is 0 Å². The van der Waals surface area contributed by atoms with Gasteiger partial charge in [0.05, 0.1) is 0 Å². The lowest BCUT2D eigenvalue weighted by Crippen LogP contribution is -2.67. The van der Waals surface area contributed by atoms with Crippen molar-refractivity contribution < 1.29 is 90.5 Å². The van der Waals surface area contributed by atoms with Crippen LogP contribution in [-0.4, -0.2) is 137 Å². The third-order valence-electron chi connectivity index (χ3n) is 8.07. The summed E-state index contributed by atoms with van der Waals surface area (Å²) in [5.41, 5.74) is -1.73. The predicted molar refractivity (Wildman–Crippen MR) is 198 cm³/mol. The van der Waals surface area contributed by atoms with E-state index >= 15 is 0 Å². The summed E-state index contributed by atoms with van der Waals surface area (Å²) in [5, 5.41) is 1.44. The maximum atomic E-state index is 14.6. The van der Waals surface area contributed by atoms with Crippen LogP contribution in [0.5, 0.6) is 0 Å². The SMILES string of the molecule is CC(=O)OC[C@H]1O[C@@H](N2C(=O)/C(=C/c3cccs3)N=C2S[C@@H]2O[C@H](COC(C)=O)[C@H](OC(C)=O)[C@H](OC(C)=O)[C@H]2OC(C)=O)[C@H](OC(C)=O)[C@@H](OC(C)=O)[C@H]1OC(C)=O. The van der Waals surface area contributed by atoms with Crippen LogP contribution in [0.1, 0.15) is 60.3 Å². The van der Waals surface area contributed by atoms with Gasteiger partial charge in [-0.2, -0.15) is 0 Å². The number of thiophene rings is 1. The second kappa shape index (κ2) is 20.5. The van der Waals surface area contributed by atoms with Gasteiger partial charge in [0.2, 0.25) is 0 Å². The fourth-order valence-corrected chi connectivity index (χ4v) is 7.98. The van der Waals surface area contributed by atoms with Gasteiger partial charge in [-0.05, 0) is 17.5 Å². The Bertz CT molecular complexity index is 1860. The highest BCUT2D eigenvalue weighted by Gasteiger charge is 2.58. The van der Waals surface area contributed by atoms with E-state index in [-0.39, 0.29) is 10.9 Å². The van der Waals surface area contributed by atoms with Gasteiger partial charge in [-0.25, -0.2) is 4.99 Å². The van der Waals surface area contributed by atoms with Crippen LogP contribution in [-0.2, 0) is 90.5 Å². The molecule has 23 heteroatoms. The summed E-state index contributed by atoms with van der Waals surface area (Å²) < 4.78 is 56.2. The minimum absolute atomic E-state index is 0.214. The van der Waals surface area contributed by atoms with Crippen molar-refractivity contribution in [1.29, 1.82) is 0 Å². The minimum Gasteiger partial charge on any atom is -0.463 e. The molecule has 0 aromatic carbocycles. The molecule has 4 heterocycles. The number of carbonyl (C=O) groups is 9. The van der Waals surface area contributed by atoms with E-state index in [1.54, 1.807) is 17.5 Å². The summed E-state index contributed by atoms with van der Waals surface area (Å²) in [5.74, 6) is -7.84. The smallest absolute Gasteiger partial charge is 0.303 e. The highest BCUT2D eigenvalue weighted by atomic mass is 32.2. The summed E-state index contributed by atoms with van der Waals surface area (Å²) in [6.45, 7) is 7.24. The van der Waals surface area contributed by atoms with E-state index < -0.39 is 127 Å². The molecule has 322 valence electrons. The molecule has 2 fully saturated rings. The Morgan fingerprint density at radius 1 is 0.644 bits per heavy atom. The highest BCUT2D eigenvalue weighted by Crippen LogP contribution is 2.41. The van der Waals surface area contributed by atoms with Gasteiger partial charge in [0, 0.05) is 60.3 Å². The van der Waals surface area contributed by atoms with Crippen LogP contribution in [0, 0.1) is 0 Å². The van der Waals surface area contributed by atoms with Crippen LogP contribution < -0.4 is 0 Å². The zero-order valence-electron chi connectivity index (χ0n) is 33.0. The maximum Gasteiger partial charge on any atom is 0.303 e. The van der Waals surface area contributed by atoms with Crippen molar-refractivity contribution in [3.8, 4) is 0 Å². The molecule has 0 radical (unpaired) electrons. The number of hydrogen-bond acceptors (Lipinski definition) is 22. The Hall–Kier alpha value is -5.39. The van der Waals surface area contributed by atoms with Gasteiger partial charge in [0.25, 0.3) is 5.91 Å². The average molecular weight is 871 g/mol. The Labute approximate surface area is 344 Å². The summed E-state index contributed by atoms with van der Waals surface area (Å²) in [6, 6.07) is 3.40. The molecule has 0 saturated carbocycles. The molecule has 0 unspecified atom stereocenters. The van der Waals surface area contributed by atoms with Crippen LogP contribution in [0.25, 0.3) is 6.08 Å². The van der Waals surface area contributed by atoms with Gasteiger partial charge in [-0.15, -0.1) is 11.3 Å². The molecule has 21 nitrogen and oxygen atoms in total. The molecule has 1 aromatic rings. The van der Waals surface area contributed by atoms with Crippen LogP contribution in [0.15, 0.2) is 28.2 Å². The van der Waals surface area contributed by atoms with Crippen molar-refractivity contribution >= 4 is 88.0 Å². The molecule has 3 aliphatic heterocycles. The molecule has 0 spiro atoms. The number of rotatable bonds is 13. The molecular formula is C36H42N2O19S2. The van der Waals surface area contributed by atoms with Gasteiger partial charge in [-0.1, -0.05) is 17.8 Å². The first-order valence-corrected chi connectivity index (χ1v) is 19.5. The molecule has 1 amide bonds. The summed E-state index contributed by atoms with van der Waals surface area (Å²) in [4.78, 5) is 119. The topological polar surface area (TPSA) is 262 Å². The summed E-state index contributed by atoms with van der Waals surface area (Å²) in [6.07, 6.45) is -13.0. The highest BCUT2D eigenvalue weighted by molar-refractivity contribution is 8.14. The van der Waals surface area contributed by atoms with Gasteiger partial charge in [-0.3, -0.25) is 48.1 Å². The molecular weight excluding hydrogens is 829 g/mol. The minimum atomic E-state index is -1.80. The zero-order valence-corrected chi connectivity index (χ0v) is 34.6. The Morgan fingerprint density at radius 2 is 1.08 bits per heavy atom. The Kier molecular flexibility index (Phi) is 16.1. The fraction of sp³-hybridized carbons (Fsp3) is 0.556. The van der Waals surface area contributed by atoms with E-state index in [1.807, 2.05) is 0 Å². The van der Waals surface area contributed by atoms with E-state index in [4.69, 9.17) is 47.4 Å². The number of nitrogens with zero attached hydrogens (tertiary/aromatic N) is 2. The summed E-state index contributed by atoms with van der Waals surface area (Å²) in [7, 11) is 0. The second-order valence-corrected chi connectivity index (χ2v) is 14.9. The third kappa shape index (κ3) is 12.6. The van der Waals surface area contributed by atoms with Gasteiger partial charge < -0.3 is 47.4 Å². The van der Waals surface area contributed by atoms with Gasteiger partial charge in [0.15, 0.2) is 53.5 Å². The van der Waals surface area contributed by atoms with Crippen molar-refractivity contribution in [1.82, 2.24) is 4.90 Å². The molecule has 3 aliphatic rings. The van der Waals surface area contributed by atoms with E-state index in [2.05, 4.69) is 4.99 Å². The predicted octanol–water partition coefficient (Wildman–Crippen LogP) is 1.19. The van der Waals surface area contributed by atoms with Crippen molar-refractivity contribution in [3.05, 3.63) is 28.1 Å². The van der Waals surface area contributed by atoms with E-state index in [9.17, 15) is 43.2 Å². The quantitative estimate of drug-likeness (QED) is 0.153. The molecule has 59 heavy (non-hydrogen) atoms. The largest absolute Gasteiger partial charge is 0.463 e. The number of esters is 8. The number of carbonyl (C=O) groups excluding carboxylic acids is 9. The molecule has 0 bridgehead atoms. The fourth-order valence-electron chi connectivity index (χ4n) is 6.13. The van der Waals surface area contributed by atoms with Crippen LogP contribution in [0.3, 0.4) is 0 Å². The Morgan fingerprint density at radius 3 is 1.54 bits per heavy atom. The van der Waals surface area contributed by atoms with E-state index in [0.717, 1.165) is 60.3 Å². The van der Waals surface area contributed by atoms with Crippen LogP contribution >= 0.6 is 23.1 Å². The summed E-state index contributed by atoms with van der Waals surface area (Å²) >= 11 is 1.86. The lowest BCUT2D eigenvalue weighted by molar-refractivity contribution is -0.268. The van der Waals surface area contributed by atoms with Gasteiger partial charge >= 0.3 is 47.8 Å². The van der Waals surface area contributed by atoms with Crippen molar-refractivity contribution in [3.63, 3.8) is 0 Å². The molecule has 10 atom stereocenters. The molecule has 2 saturated heterocycles. The number of amidine groups is 1. The normalized spacial score (nSPS) is 28.4. The molecule has 4 rings (SSSR count). The molecule has 1 aromatic heterocycles. The number of thioether (sulfide) groups is 1. The first kappa shape index (κ1) is 46.3. The van der Waals surface area contributed by atoms with E-state index in [0.29, 0.717) is 16.6 Å². The Balaban J connectivity index is 1.92. The first-order valence-electron chi connectivity index (χ1n) is 17.7. The zero-order chi connectivity index (χ0) is 43.7. The van der Waals surface area contributed by atoms with Crippen molar-refractivity contribution in [2.75, 3.05) is 13.2 Å². The average Bonchev–Trinajstić information content (AvgIpc) is 3.73. The monoisotopic (exact) mass is 870 g/mol. The van der Waals surface area contributed by atoms with Crippen molar-refractivity contribution in [2.45, 2.75) is 116 Å². The standard InChI is InChI=1S/C36H42N2O19S2/c1-15(39)48-13-25-27(50-17(3)41)29(52-19(5)43)31(54-21(7)45)34(56-25)38-33(47)24(12-23-10-9-11-58-23)37-36(38)59-35-32(55-22(8)46)30(53-20(6)44)28(51-18(4)42)26(57-35)14-49-16(2)40/h9-12,25-32,34-35H,13-14H2,1-8H3/b24-12-/t25-,26-,27+,28+,29+,30+,31-,32-,34-,35+/m1/s1. The number of hydrogen-bond donors (Lipinski definition) is 0. The number of amides is 1. The van der Waals surface area contributed by atoms with Crippen LogP contribution in [0.4, 0.5) is 0 Å². The number of ether oxygens (including phenoxy) is 10. The van der Waals surface area contributed by atoms with Crippen molar-refractivity contribution in [2.24, 2.45) is 4.99 Å². The second-order valence-electron chi connectivity index (χ2n) is 12.9.